The highest BCUT2D eigenvalue weighted by Gasteiger charge is 2.28. The standard InChI is InChI=1S/C22H23N3O2/c1-15-12-21(24-16(2)23-15)27-19-10-11-25(14-19)22(26)13-18-8-5-7-17-6-3-4-9-20(17)18/h3-9,12,19H,10-11,13-14H2,1-2H3/t19-/m1/s1. The molecule has 0 saturated carbocycles. The Hall–Kier alpha value is -2.95. The maximum Gasteiger partial charge on any atom is 0.227 e. The fourth-order valence-electron chi connectivity index (χ4n) is 3.69. The summed E-state index contributed by atoms with van der Waals surface area (Å²) in [6.45, 7) is 5.10. The van der Waals surface area contributed by atoms with E-state index in [0.29, 0.717) is 24.7 Å². The zero-order chi connectivity index (χ0) is 18.8. The molecule has 1 saturated heterocycles. The van der Waals surface area contributed by atoms with E-state index in [4.69, 9.17) is 4.74 Å². The minimum absolute atomic E-state index is 0.0184. The van der Waals surface area contributed by atoms with Crippen LogP contribution in [0.4, 0.5) is 0 Å². The van der Waals surface area contributed by atoms with Gasteiger partial charge >= 0.3 is 0 Å². The van der Waals surface area contributed by atoms with Gasteiger partial charge in [0.15, 0.2) is 0 Å². The Kier molecular flexibility index (Phi) is 4.75. The van der Waals surface area contributed by atoms with Gasteiger partial charge in [0.25, 0.3) is 0 Å². The molecule has 2 heterocycles. The Labute approximate surface area is 159 Å². The Morgan fingerprint density at radius 2 is 1.96 bits per heavy atom. The van der Waals surface area contributed by atoms with Crippen LogP contribution < -0.4 is 4.74 Å². The van der Waals surface area contributed by atoms with Gasteiger partial charge in [0.2, 0.25) is 11.8 Å². The second-order valence-electron chi connectivity index (χ2n) is 7.08. The van der Waals surface area contributed by atoms with Crippen molar-refractivity contribution in [3.05, 3.63) is 65.6 Å². The minimum Gasteiger partial charge on any atom is -0.472 e. The van der Waals surface area contributed by atoms with Crippen LogP contribution in [-0.2, 0) is 11.2 Å². The summed E-state index contributed by atoms with van der Waals surface area (Å²) in [5.74, 6) is 1.44. The normalized spacial score (nSPS) is 16.7. The van der Waals surface area contributed by atoms with E-state index in [9.17, 15) is 4.79 Å². The van der Waals surface area contributed by atoms with Crippen molar-refractivity contribution in [3.63, 3.8) is 0 Å². The van der Waals surface area contributed by atoms with E-state index in [1.165, 1.54) is 5.39 Å². The van der Waals surface area contributed by atoms with E-state index in [1.54, 1.807) is 0 Å². The summed E-state index contributed by atoms with van der Waals surface area (Å²) >= 11 is 0. The maximum absolute atomic E-state index is 12.8. The molecule has 0 bridgehead atoms. The summed E-state index contributed by atoms with van der Waals surface area (Å²) in [5, 5.41) is 2.31. The van der Waals surface area contributed by atoms with Gasteiger partial charge in [-0.1, -0.05) is 42.5 Å². The monoisotopic (exact) mass is 361 g/mol. The molecular formula is C22H23N3O2. The molecule has 0 unspecified atom stereocenters. The highest BCUT2D eigenvalue weighted by molar-refractivity contribution is 5.90. The van der Waals surface area contributed by atoms with E-state index in [0.717, 1.165) is 29.6 Å². The van der Waals surface area contributed by atoms with E-state index >= 15 is 0 Å². The lowest BCUT2D eigenvalue weighted by atomic mass is 10.0. The number of hydrogen-bond acceptors (Lipinski definition) is 4. The Bertz CT molecular complexity index is 961. The predicted molar refractivity (Wildman–Crippen MR) is 105 cm³/mol. The summed E-state index contributed by atoms with van der Waals surface area (Å²) in [6.07, 6.45) is 1.22. The molecule has 27 heavy (non-hydrogen) atoms. The smallest absolute Gasteiger partial charge is 0.227 e. The topological polar surface area (TPSA) is 55.3 Å². The van der Waals surface area contributed by atoms with Gasteiger partial charge in [-0.25, -0.2) is 4.98 Å². The second kappa shape index (κ2) is 7.35. The molecule has 0 radical (unpaired) electrons. The number of likely N-dealkylation sites (tertiary alicyclic amines) is 1. The van der Waals surface area contributed by atoms with Crippen molar-refractivity contribution in [2.45, 2.75) is 32.8 Å². The maximum atomic E-state index is 12.8. The number of ether oxygens (including phenoxy) is 1. The Morgan fingerprint density at radius 3 is 2.81 bits per heavy atom. The molecule has 1 aliphatic heterocycles. The third-order valence-electron chi connectivity index (χ3n) is 4.95. The largest absolute Gasteiger partial charge is 0.472 e. The molecule has 0 N–H and O–H groups in total. The van der Waals surface area contributed by atoms with E-state index < -0.39 is 0 Å². The van der Waals surface area contributed by atoms with Crippen LogP contribution in [0.1, 0.15) is 23.5 Å². The lowest BCUT2D eigenvalue weighted by Crippen LogP contribution is -2.32. The highest BCUT2D eigenvalue weighted by atomic mass is 16.5. The average Bonchev–Trinajstić information content (AvgIpc) is 3.10. The number of aromatic nitrogens is 2. The summed E-state index contributed by atoms with van der Waals surface area (Å²) in [6, 6.07) is 16.2. The number of carbonyl (C=O) groups excluding carboxylic acids is 1. The molecule has 1 aromatic heterocycles. The first-order valence-corrected chi connectivity index (χ1v) is 9.32. The lowest BCUT2D eigenvalue weighted by Gasteiger charge is -2.18. The molecule has 1 fully saturated rings. The van der Waals surface area contributed by atoms with Gasteiger partial charge in [0.05, 0.1) is 13.0 Å². The molecule has 1 aliphatic rings. The SMILES string of the molecule is Cc1cc(O[C@@H]2CCN(C(=O)Cc3cccc4ccccc34)C2)nc(C)n1. The van der Waals surface area contributed by atoms with Crippen LogP contribution in [0.15, 0.2) is 48.5 Å². The highest BCUT2D eigenvalue weighted by Crippen LogP contribution is 2.22. The average molecular weight is 361 g/mol. The number of nitrogens with zero attached hydrogens (tertiary/aromatic N) is 3. The number of hydrogen-bond donors (Lipinski definition) is 0. The van der Waals surface area contributed by atoms with Crippen LogP contribution in [0, 0.1) is 13.8 Å². The number of amides is 1. The third kappa shape index (κ3) is 3.92. The fourth-order valence-corrected chi connectivity index (χ4v) is 3.69. The van der Waals surface area contributed by atoms with Gasteiger partial charge < -0.3 is 9.64 Å². The summed E-state index contributed by atoms with van der Waals surface area (Å²) in [5.41, 5.74) is 1.96. The molecule has 0 spiro atoms. The molecular weight excluding hydrogens is 338 g/mol. The van der Waals surface area contributed by atoms with Crippen molar-refractivity contribution in [1.29, 1.82) is 0 Å². The third-order valence-corrected chi connectivity index (χ3v) is 4.95. The molecule has 4 rings (SSSR count). The van der Waals surface area contributed by atoms with E-state index in [-0.39, 0.29) is 12.0 Å². The van der Waals surface area contributed by atoms with Crippen LogP contribution in [0.2, 0.25) is 0 Å². The van der Waals surface area contributed by atoms with Crippen molar-refractivity contribution in [2.24, 2.45) is 0 Å². The summed E-state index contributed by atoms with van der Waals surface area (Å²) in [7, 11) is 0. The molecule has 5 nitrogen and oxygen atoms in total. The van der Waals surface area contributed by atoms with Gasteiger partial charge in [-0.05, 0) is 30.2 Å². The number of benzene rings is 2. The zero-order valence-electron chi connectivity index (χ0n) is 15.7. The van der Waals surface area contributed by atoms with Gasteiger partial charge in [-0.2, -0.15) is 4.98 Å². The second-order valence-corrected chi connectivity index (χ2v) is 7.08. The number of carbonyl (C=O) groups is 1. The van der Waals surface area contributed by atoms with E-state index in [2.05, 4.69) is 28.2 Å². The Morgan fingerprint density at radius 1 is 1.15 bits per heavy atom. The van der Waals surface area contributed by atoms with Crippen LogP contribution >= 0.6 is 0 Å². The van der Waals surface area contributed by atoms with Crippen molar-refractivity contribution in [1.82, 2.24) is 14.9 Å². The molecule has 0 aliphatic carbocycles. The molecule has 1 amide bonds. The molecule has 5 heteroatoms. The van der Waals surface area contributed by atoms with Crippen LogP contribution in [0.3, 0.4) is 0 Å². The number of fused-ring (bicyclic) bond motifs is 1. The van der Waals surface area contributed by atoms with Crippen molar-refractivity contribution >= 4 is 16.7 Å². The van der Waals surface area contributed by atoms with Crippen LogP contribution in [0.5, 0.6) is 5.88 Å². The van der Waals surface area contributed by atoms with Crippen molar-refractivity contribution in [3.8, 4) is 5.88 Å². The van der Waals surface area contributed by atoms with Crippen LogP contribution in [0.25, 0.3) is 10.8 Å². The molecule has 3 aromatic rings. The first kappa shape index (κ1) is 17.5. The van der Waals surface area contributed by atoms with Crippen LogP contribution in [-0.4, -0.2) is 40.0 Å². The minimum atomic E-state index is -0.0184. The predicted octanol–water partition coefficient (Wildman–Crippen LogP) is 3.47. The first-order chi connectivity index (χ1) is 13.1. The molecule has 1 atom stereocenters. The number of aryl methyl sites for hydroxylation is 2. The van der Waals surface area contributed by atoms with Crippen molar-refractivity contribution in [2.75, 3.05) is 13.1 Å². The van der Waals surface area contributed by atoms with Gasteiger partial charge in [-0.3, -0.25) is 4.79 Å². The fraction of sp³-hybridized carbons (Fsp3) is 0.318. The first-order valence-electron chi connectivity index (χ1n) is 9.32. The van der Waals surface area contributed by atoms with E-state index in [1.807, 2.05) is 49.1 Å². The quantitative estimate of drug-likeness (QED) is 0.714. The Balaban J connectivity index is 1.42. The van der Waals surface area contributed by atoms with Gasteiger partial charge in [-0.15, -0.1) is 0 Å². The number of rotatable bonds is 4. The van der Waals surface area contributed by atoms with Crippen molar-refractivity contribution < 1.29 is 9.53 Å². The summed E-state index contributed by atoms with van der Waals surface area (Å²) in [4.78, 5) is 23.3. The molecule has 138 valence electrons. The lowest BCUT2D eigenvalue weighted by molar-refractivity contribution is -0.129. The molecule has 2 aromatic carbocycles. The zero-order valence-corrected chi connectivity index (χ0v) is 15.7. The summed E-state index contributed by atoms with van der Waals surface area (Å²) < 4.78 is 5.99. The van der Waals surface area contributed by atoms with Gasteiger partial charge in [0, 0.05) is 24.7 Å². The van der Waals surface area contributed by atoms with Gasteiger partial charge in [0.1, 0.15) is 11.9 Å².